The number of halogens is 2. The molecule has 0 aliphatic carbocycles. The van der Waals surface area contributed by atoms with Gasteiger partial charge < -0.3 is 20.9 Å². The van der Waals surface area contributed by atoms with Crippen LogP contribution in [0.3, 0.4) is 0 Å². The van der Waals surface area contributed by atoms with Crippen molar-refractivity contribution in [3.05, 3.63) is 70.5 Å². The summed E-state index contributed by atoms with van der Waals surface area (Å²) in [7, 11) is 0. The second-order valence-electron chi connectivity index (χ2n) is 7.84. The van der Waals surface area contributed by atoms with Crippen molar-refractivity contribution < 1.29 is 14.0 Å². The van der Waals surface area contributed by atoms with Crippen molar-refractivity contribution in [1.29, 1.82) is 0 Å². The SMILES string of the molecule is CCNC(=NCc1ccc(C(=O)N2CCNC(=O)C2)cc1)NC(C)c1ccc(C)c(F)c1.I. The number of carbonyl (C=O) groups excluding carboxylic acids is 2. The molecule has 0 radical (unpaired) electrons. The molecule has 2 aromatic carbocycles. The lowest BCUT2D eigenvalue weighted by molar-refractivity contribution is -0.123. The first-order valence-corrected chi connectivity index (χ1v) is 10.8. The number of nitrogens with zero attached hydrogens (tertiary/aromatic N) is 2. The number of hydrogen-bond acceptors (Lipinski definition) is 3. The van der Waals surface area contributed by atoms with E-state index in [0.717, 1.165) is 11.1 Å². The molecule has 178 valence electrons. The van der Waals surface area contributed by atoms with Crippen molar-refractivity contribution in [3.8, 4) is 0 Å². The molecule has 1 saturated heterocycles. The van der Waals surface area contributed by atoms with E-state index in [9.17, 15) is 14.0 Å². The molecule has 9 heteroatoms. The molecule has 2 amide bonds. The summed E-state index contributed by atoms with van der Waals surface area (Å²) in [4.78, 5) is 30.3. The van der Waals surface area contributed by atoms with Gasteiger partial charge in [-0.25, -0.2) is 9.38 Å². The molecule has 1 fully saturated rings. The maximum absolute atomic E-state index is 13.9. The van der Waals surface area contributed by atoms with Crippen LogP contribution in [0.2, 0.25) is 0 Å². The minimum Gasteiger partial charge on any atom is -0.357 e. The van der Waals surface area contributed by atoms with Gasteiger partial charge in [0.1, 0.15) is 5.82 Å². The lowest BCUT2D eigenvalue weighted by Gasteiger charge is -2.26. The molecule has 3 N–H and O–H groups in total. The van der Waals surface area contributed by atoms with Crippen molar-refractivity contribution in [3.63, 3.8) is 0 Å². The van der Waals surface area contributed by atoms with Gasteiger partial charge in [0.25, 0.3) is 5.91 Å². The van der Waals surface area contributed by atoms with Crippen molar-refractivity contribution in [2.24, 2.45) is 4.99 Å². The number of nitrogens with one attached hydrogen (secondary N) is 3. The zero-order valence-corrected chi connectivity index (χ0v) is 21.5. The normalized spacial score (nSPS) is 14.7. The van der Waals surface area contributed by atoms with E-state index in [1.165, 1.54) is 6.07 Å². The van der Waals surface area contributed by atoms with Gasteiger partial charge in [0.15, 0.2) is 5.96 Å². The molecule has 3 rings (SSSR count). The van der Waals surface area contributed by atoms with Crippen LogP contribution in [-0.2, 0) is 11.3 Å². The molecule has 0 bridgehead atoms. The smallest absolute Gasteiger partial charge is 0.254 e. The maximum atomic E-state index is 13.9. The number of guanidine groups is 1. The van der Waals surface area contributed by atoms with Crippen molar-refractivity contribution >= 4 is 41.8 Å². The first kappa shape index (κ1) is 26.6. The van der Waals surface area contributed by atoms with E-state index in [1.54, 1.807) is 30.0 Å². The molecule has 1 atom stereocenters. The molecule has 1 aliphatic heterocycles. The van der Waals surface area contributed by atoms with Crippen LogP contribution >= 0.6 is 24.0 Å². The maximum Gasteiger partial charge on any atom is 0.254 e. The number of aliphatic imine (C=N–C) groups is 1. The third-order valence-electron chi connectivity index (χ3n) is 5.34. The van der Waals surface area contributed by atoms with E-state index in [1.807, 2.05) is 32.0 Å². The monoisotopic (exact) mass is 567 g/mol. The summed E-state index contributed by atoms with van der Waals surface area (Å²) in [6.07, 6.45) is 0. The Bertz CT molecular complexity index is 997. The van der Waals surface area contributed by atoms with Gasteiger partial charge in [-0.1, -0.05) is 24.3 Å². The van der Waals surface area contributed by atoms with Gasteiger partial charge in [0.2, 0.25) is 5.91 Å². The van der Waals surface area contributed by atoms with Gasteiger partial charge in [-0.15, -0.1) is 24.0 Å². The molecular weight excluding hydrogens is 536 g/mol. The summed E-state index contributed by atoms with van der Waals surface area (Å²) in [5.41, 5.74) is 2.96. The lowest BCUT2D eigenvalue weighted by atomic mass is 10.1. The molecule has 0 saturated carbocycles. The summed E-state index contributed by atoms with van der Waals surface area (Å²) in [6.45, 7) is 7.87. The fourth-order valence-electron chi connectivity index (χ4n) is 3.40. The Hall–Kier alpha value is -2.69. The second-order valence-corrected chi connectivity index (χ2v) is 7.84. The lowest BCUT2D eigenvalue weighted by Crippen LogP contribution is -2.49. The first-order valence-electron chi connectivity index (χ1n) is 10.8. The molecular formula is C24H31FIN5O2. The van der Waals surface area contributed by atoms with Crippen LogP contribution in [0.4, 0.5) is 4.39 Å². The van der Waals surface area contributed by atoms with Crippen LogP contribution in [0.25, 0.3) is 0 Å². The third-order valence-corrected chi connectivity index (χ3v) is 5.34. The van der Waals surface area contributed by atoms with Gasteiger partial charge in [-0.05, 0) is 55.7 Å². The van der Waals surface area contributed by atoms with E-state index in [4.69, 9.17) is 0 Å². The molecule has 1 unspecified atom stereocenters. The fraction of sp³-hybridized carbons (Fsp3) is 0.375. The van der Waals surface area contributed by atoms with E-state index >= 15 is 0 Å². The van der Waals surface area contributed by atoms with Crippen LogP contribution in [0.15, 0.2) is 47.5 Å². The molecule has 0 aromatic heterocycles. The van der Waals surface area contributed by atoms with Crippen LogP contribution in [0.1, 0.15) is 46.9 Å². The summed E-state index contributed by atoms with van der Waals surface area (Å²) in [5.74, 6) is 0.115. The van der Waals surface area contributed by atoms with Crippen molar-refractivity contribution in [2.45, 2.75) is 33.4 Å². The van der Waals surface area contributed by atoms with Crippen LogP contribution < -0.4 is 16.0 Å². The number of benzene rings is 2. The van der Waals surface area contributed by atoms with Crippen LogP contribution in [0, 0.1) is 12.7 Å². The zero-order valence-electron chi connectivity index (χ0n) is 19.2. The number of hydrogen-bond donors (Lipinski definition) is 3. The summed E-state index contributed by atoms with van der Waals surface area (Å²) in [6, 6.07) is 12.3. The molecule has 1 aliphatic rings. The molecule has 7 nitrogen and oxygen atoms in total. The van der Waals surface area contributed by atoms with Gasteiger partial charge in [0, 0.05) is 25.2 Å². The highest BCUT2D eigenvalue weighted by atomic mass is 127. The number of rotatable bonds is 6. The van der Waals surface area contributed by atoms with Gasteiger partial charge in [-0.3, -0.25) is 9.59 Å². The standard InChI is InChI=1S/C24H30FN5O2.HI/c1-4-26-24(29-17(3)20-8-5-16(2)21(25)13-20)28-14-18-6-9-19(10-7-18)23(32)30-12-11-27-22(31)15-30;/h5-10,13,17H,4,11-12,14-15H2,1-3H3,(H,27,31)(H2,26,28,29);1H. The first-order chi connectivity index (χ1) is 15.4. The zero-order chi connectivity index (χ0) is 23.1. The average Bonchev–Trinajstić information content (AvgIpc) is 2.79. The molecule has 2 aromatic rings. The number of carbonyl (C=O) groups is 2. The molecule has 0 spiro atoms. The average molecular weight is 567 g/mol. The van der Waals surface area contributed by atoms with Crippen molar-refractivity contribution in [2.75, 3.05) is 26.2 Å². The fourth-order valence-corrected chi connectivity index (χ4v) is 3.40. The minimum absolute atomic E-state index is 0. The molecule has 33 heavy (non-hydrogen) atoms. The number of piperazine rings is 1. The highest BCUT2D eigenvalue weighted by Crippen LogP contribution is 2.16. The van der Waals surface area contributed by atoms with Gasteiger partial charge >= 0.3 is 0 Å². The Morgan fingerprint density at radius 3 is 2.61 bits per heavy atom. The third kappa shape index (κ3) is 7.41. The number of amides is 2. The Kier molecular flexibility index (Phi) is 10.1. The quantitative estimate of drug-likeness (QED) is 0.285. The van der Waals surface area contributed by atoms with E-state index in [2.05, 4.69) is 20.9 Å². The van der Waals surface area contributed by atoms with Crippen LogP contribution in [-0.4, -0.2) is 48.9 Å². The van der Waals surface area contributed by atoms with Crippen LogP contribution in [0.5, 0.6) is 0 Å². The topological polar surface area (TPSA) is 85.8 Å². The largest absolute Gasteiger partial charge is 0.357 e. The highest BCUT2D eigenvalue weighted by molar-refractivity contribution is 14.0. The minimum atomic E-state index is -0.224. The Labute approximate surface area is 211 Å². The predicted molar refractivity (Wildman–Crippen MR) is 138 cm³/mol. The van der Waals surface area contributed by atoms with Gasteiger partial charge in [-0.2, -0.15) is 0 Å². The second kappa shape index (κ2) is 12.5. The van der Waals surface area contributed by atoms with Crippen molar-refractivity contribution in [1.82, 2.24) is 20.9 Å². The Morgan fingerprint density at radius 2 is 1.97 bits per heavy atom. The Morgan fingerprint density at radius 1 is 1.24 bits per heavy atom. The summed E-state index contributed by atoms with van der Waals surface area (Å²) >= 11 is 0. The summed E-state index contributed by atoms with van der Waals surface area (Å²) < 4.78 is 13.9. The van der Waals surface area contributed by atoms with E-state index < -0.39 is 0 Å². The van der Waals surface area contributed by atoms with Gasteiger partial charge in [0.05, 0.1) is 19.1 Å². The van der Waals surface area contributed by atoms with E-state index in [0.29, 0.717) is 43.3 Å². The number of aryl methyl sites for hydroxylation is 1. The highest BCUT2D eigenvalue weighted by Gasteiger charge is 2.22. The molecule has 1 heterocycles. The summed E-state index contributed by atoms with van der Waals surface area (Å²) in [5, 5.41) is 9.22. The van der Waals surface area contributed by atoms with E-state index in [-0.39, 0.29) is 54.2 Å². The Balaban J connectivity index is 0.00000385. The predicted octanol–water partition coefficient (Wildman–Crippen LogP) is 3.14.